The van der Waals surface area contributed by atoms with Crippen LogP contribution in [0.25, 0.3) is 0 Å². The Bertz CT molecular complexity index is 964. The number of fused-ring (bicyclic) bond motifs is 2. The van der Waals surface area contributed by atoms with E-state index in [1.54, 1.807) is 37.3 Å². The molecule has 4 rings (SSSR count). The number of carbonyl (C=O) groups is 1. The summed E-state index contributed by atoms with van der Waals surface area (Å²) in [6.07, 6.45) is 0.250. The van der Waals surface area contributed by atoms with E-state index in [1.165, 1.54) is 7.11 Å². The average molecular weight is 401 g/mol. The maximum absolute atomic E-state index is 13.5. The van der Waals surface area contributed by atoms with Crippen LogP contribution in [-0.2, 0) is 25.9 Å². The van der Waals surface area contributed by atoms with Gasteiger partial charge < -0.3 is 10.1 Å². The van der Waals surface area contributed by atoms with Gasteiger partial charge in [-0.2, -0.15) is 0 Å². The Morgan fingerprint density at radius 2 is 1.71 bits per heavy atom. The molecule has 4 atom stereocenters. The molecular formula is C21H24N2O4S. The number of nitrogens with zero attached hydrogens (tertiary/aromatic N) is 1. The molecule has 2 saturated heterocycles. The van der Waals surface area contributed by atoms with Gasteiger partial charge in [0.25, 0.3) is 0 Å². The third-order valence-electron chi connectivity index (χ3n) is 5.91. The number of rotatable bonds is 5. The normalized spacial score (nSPS) is 30.2. The minimum Gasteiger partial charge on any atom is -0.358 e. The number of hydrogen-bond acceptors (Lipinski definition) is 5. The standard InChI is InChI=1S/C21H24N2O4S/c1-21(27-2)19-18(28(25,26)16-11-7-4-8-12-16)13-17(20(24)22-21)23(19)14-15-9-5-3-6-10-15/h3-12,17-19H,13-14H2,1-2H3,(H,22,24)/t17-,18+,19+,21?/m0/s1. The maximum Gasteiger partial charge on any atom is 0.239 e. The molecule has 2 aliphatic heterocycles. The van der Waals surface area contributed by atoms with Crippen LogP contribution in [0.5, 0.6) is 0 Å². The van der Waals surface area contributed by atoms with E-state index in [0.717, 1.165) is 5.56 Å². The number of hydrogen-bond donors (Lipinski definition) is 1. The third-order valence-corrected chi connectivity index (χ3v) is 8.08. The van der Waals surface area contributed by atoms with Gasteiger partial charge in [0.15, 0.2) is 15.6 Å². The first-order valence-electron chi connectivity index (χ1n) is 9.32. The van der Waals surface area contributed by atoms with Gasteiger partial charge in [-0.25, -0.2) is 8.42 Å². The van der Waals surface area contributed by atoms with Gasteiger partial charge in [-0.1, -0.05) is 48.5 Å². The Morgan fingerprint density at radius 3 is 2.32 bits per heavy atom. The molecule has 2 heterocycles. The number of amides is 1. The Balaban J connectivity index is 1.78. The number of benzene rings is 2. The number of sulfone groups is 1. The fourth-order valence-electron chi connectivity index (χ4n) is 4.48. The molecule has 148 valence electrons. The lowest BCUT2D eigenvalue weighted by atomic mass is 10.0. The fourth-order valence-corrected chi connectivity index (χ4v) is 6.56. The van der Waals surface area contributed by atoms with Crippen LogP contribution >= 0.6 is 0 Å². The summed E-state index contributed by atoms with van der Waals surface area (Å²) in [7, 11) is -2.13. The fraction of sp³-hybridized carbons (Fsp3) is 0.381. The van der Waals surface area contributed by atoms with Crippen molar-refractivity contribution in [1.29, 1.82) is 0 Å². The van der Waals surface area contributed by atoms with Gasteiger partial charge in [0, 0.05) is 13.7 Å². The predicted octanol–water partition coefficient (Wildman–Crippen LogP) is 1.96. The van der Waals surface area contributed by atoms with Gasteiger partial charge >= 0.3 is 0 Å². The average Bonchev–Trinajstić information content (AvgIpc) is 3.04. The molecule has 28 heavy (non-hydrogen) atoms. The van der Waals surface area contributed by atoms with Crippen molar-refractivity contribution in [3.05, 3.63) is 66.2 Å². The van der Waals surface area contributed by atoms with Crippen molar-refractivity contribution in [3.63, 3.8) is 0 Å². The highest BCUT2D eigenvalue weighted by atomic mass is 32.2. The molecule has 1 N–H and O–H groups in total. The number of nitrogens with one attached hydrogen (secondary N) is 1. The zero-order chi connectivity index (χ0) is 19.9. The summed E-state index contributed by atoms with van der Waals surface area (Å²) in [5.74, 6) is -0.192. The molecule has 1 amide bonds. The van der Waals surface area contributed by atoms with E-state index in [2.05, 4.69) is 5.32 Å². The van der Waals surface area contributed by atoms with Crippen molar-refractivity contribution in [2.75, 3.05) is 7.11 Å². The molecule has 2 fully saturated rings. The molecule has 0 spiro atoms. The summed E-state index contributed by atoms with van der Waals surface area (Å²) in [5.41, 5.74) is -0.0609. The molecule has 6 nitrogen and oxygen atoms in total. The number of ether oxygens (including phenoxy) is 1. The Labute approximate surface area is 165 Å². The van der Waals surface area contributed by atoms with E-state index in [1.807, 2.05) is 35.2 Å². The van der Waals surface area contributed by atoms with Crippen molar-refractivity contribution >= 4 is 15.7 Å². The molecule has 2 aliphatic rings. The third kappa shape index (κ3) is 3.03. The van der Waals surface area contributed by atoms with E-state index in [4.69, 9.17) is 4.74 Å². The summed E-state index contributed by atoms with van der Waals surface area (Å²) >= 11 is 0. The van der Waals surface area contributed by atoms with Crippen molar-refractivity contribution in [3.8, 4) is 0 Å². The quantitative estimate of drug-likeness (QED) is 0.831. The molecule has 0 radical (unpaired) electrons. The second-order valence-electron chi connectivity index (χ2n) is 7.55. The zero-order valence-corrected chi connectivity index (χ0v) is 16.7. The van der Waals surface area contributed by atoms with Crippen molar-refractivity contribution in [2.45, 2.75) is 47.8 Å². The lowest BCUT2D eigenvalue weighted by molar-refractivity contribution is -0.154. The van der Waals surface area contributed by atoms with Gasteiger partial charge in [0.1, 0.15) is 0 Å². The first-order chi connectivity index (χ1) is 13.4. The molecule has 2 aromatic carbocycles. The van der Waals surface area contributed by atoms with E-state index in [9.17, 15) is 13.2 Å². The molecule has 2 bridgehead atoms. The van der Waals surface area contributed by atoms with E-state index < -0.39 is 32.9 Å². The van der Waals surface area contributed by atoms with Gasteiger partial charge in [0.05, 0.1) is 22.2 Å². The molecule has 2 aromatic rings. The predicted molar refractivity (Wildman–Crippen MR) is 105 cm³/mol. The molecule has 0 aliphatic carbocycles. The minimum absolute atomic E-state index is 0.192. The van der Waals surface area contributed by atoms with Crippen LogP contribution in [0, 0.1) is 0 Å². The first kappa shape index (κ1) is 19.1. The topological polar surface area (TPSA) is 75.7 Å². The Kier molecular flexibility index (Phi) is 4.77. The van der Waals surface area contributed by atoms with Gasteiger partial charge in [-0.15, -0.1) is 0 Å². The summed E-state index contributed by atoms with van der Waals surface area (Å²) in [5, 5.41) is 2.16. The van der Waals surface area contributed by atoms with Gasteiger partial charge in [-0.05, 0) is 31.0 Å². The highest BCUT2D eigenvalue weighted by Gasteiger charge is 2.61. The SMILES string of the molecule is COC1(C)NC(=O)[C@@H]2C[C@@H](S(=O)(=O)c3ccccc3)[C@H]1N2Cc1ccccc1. The van der Waals surface area contributed by atoms with Gasteiger partial charge in [-0.3, -0.25) is 9.69 Å². The van der Waals surface area contributed by atoms with Crippen molar-refractivity contribution in [2.24, 2.45) is 0 Å². The smallest absolute Gasteiger partial charge is 0.239 e. The van der Waals surface area contributed by atoms with Crippen LogP contribution in [0.15, 0.2) is 65.6 Å². The van der Waals surface area contributed by atoms with Crippen LogP contribution in [0.1, 0.15) is 18.9 Å². The molecular weight excluding hydrogens is 376 g/mol. The maximum atomic E-state index is 13.5. The summed E-state index contributed by atoms with van der Waals surface area (Å²) < 4.78 is 32.6. The van der Waals surface area contributed by atoms with Crippen LogP contribution in [0.2, 0.25) is 0 Å². The first-order valence-corrected chi connectivity index (χ1v) is 10.9. The van der Waals surface area contributed by atoms with E-state index in [0.29, 0.717) is 6.54 Å². The van der Waals surface area contributed by atoms with Crippen LogP contribution in [0.3, 0.4) is 0 Å². The number of carbonyl (C=O) groups excluding carboxylic acids is 1. The summed E-state index contributed by atoms with van der Waals surface area (Å²) in [6, 6.07) is 17.2. The van der Waals surface area contributed by atoms with Crippen molar-refractivity contribution < 1.29 is 17.9 Å². The molecule has 0 saturated carbocycles. The molecule has 7 heteroatoms. The monoisotopic (exact) mass is 400 g/mol. The lowest BCUT2D eigenvalue weighted by Crippen LogP contribution is -2.69. The van der Waals surface area contributed by atoms with Crippen LogP contribution in [-0.4, -0.2) is 49.4 Å². The number of methoxy groups -OCH3 is 1. The largest absolute Gasteiger partial charge is 0.358 e. The van der Waals surface area contributed by atoms with Gasteiger partial charge in [0.2, 0.25) is 5.91 Å². The second-order valence-corrected chi connectivity index (χ2v) is 9.72. The van der Waals surface area contributed by atoms with Crippen molar-refractivity contribution in [1.82, 2.24) is 10.2 Å². The number of piperazine rings is 1. The lowest BCUT2D eigenvalue weighted by Gasteiger charge is -2.46. The van der Waals surface area contributed by atoms with Crippen LogP contribution in [0.4, 0.5) is 0 Å². The minimum atomic E-state index is -3.64. The zero-order valence-electron chi connectivity index (χ0n) is 15.9. The van der Waals surface area contributed by atoms with E-state index >= 15 is 0 Å². The Morgan fingerprint density at radius 1 is 1.11 bits per heavy atom. The Hall–Kier alpha value is -2.22. The van der Waals surface area contributed by atoms with Crippen LogP contribution < -0.4 is 5.32 Å². The summed E-state index contributed by atoms with van der Waals surface area (Å²) in [6.45, 7) is 2.24. The highest BCUT2D eigenvalue weighted by molar-refractivity contribution is 7.92. The van der Waals surface area contributed by atoms with E-state index in [-0.39, 0.29) is 17.2 Å². The molecule has 0 aromatic heterocycles. The summed E-state index contributed by atoms with van der Waals surface area (Å²) in [4.78, 5) is 15.1. The highest BCUT2D eigenvalue weighted by Crippen LogP contribution is 2.42. The molecule has 1 unspecified atom stereocenters. The second kappa shape index (κ2) is 6.99.